The molecule has 1 aliphatic carbocycles. The van der Waals surface area contributed by atoms with Gasteiger partial charge in [0.05, 0.1) is 13.3 Å². The van der Waals surface area contributed by atoms with E-state index in [2.05, 4.69) is 11.9 Å². The Balaban J connectivity index is 2.33. The average Bonchev–Trinajstić information content (AvgIpc) is 2.33. The van der Waals surface area contributed by atoms with Crippen molar-refractivity contribution in [2.24, 2.45) is 11.7 Å². The van der Waals surface area contributed by atoms with Crippen molar-refractivity contribution < 1.29 is 4.74 Å². The van der Waals surface area contributed by atoms with Crippen LogP contribution in [0.4, 0.5) is 0 Å². The second-order valence-corrected chi connectivity index (χ2v) is 4.80. The number of hydrogen-bond acceptors (Lipinski definition) is 3. The number of pyridine rings is 1. The van der Waals surface area contributed by atoms with Crippen molar-refractivity contribution in [3.8, 4) is 5.75 Å². The molecule has 1 aliphatic rings. The maximum Gasteiger partial charge on any atom is 0.137 e. The number of nitrogens with zero attached hydrogens (tertiary/aromatic N) is 1. The Hall–Kier alpha value is -1.09. The highest BCUT2D eigenvalue weighted by Crippen LogP contribution is 2.39. The normalized spacial score (nSPS) is 30.1. The van der Waals surface area contributed by atoms with E-state index in [1.807, 2.05) is 12.3 Å². The number of aromatic nitrogens is 1. The van der Waals surface area contributed by atoms with Gasteiger partial charge in [-0.15, -0.1) is 0 Å². The van der Waals surface area contributed by atoms with Crippen LogP contribution in [-0.4, -0.2) is 12.1 Å². The molecule has 16 heavy (non-hydrogen) atoms. The van der Waals surface area contributed by atoms with Gasteiger partial charge in [-0.05, 0) is 30.4 Å². The van der Waals surface area contributed by atoms with Crippen LogP contribution in [-0.2, 0) is 5.54 Å². The van der Waals surface area contributed by atoms with Gasteiger partial charge < -0.3 is 10.5 Å². The molecule has 0 spiro atoms. The molecule has 2 rings (SSSR count). The summed E-state index contributed by atoms with van der Waals surface area (Å²) < 4.78 is 5.21. The van der Waals surface area contributed by atoms with E-state index in [9.17, 15) is 0 Å². The molecule has 1 fully saturated rings. The molecule has 3 heteroatoms. The molecule has 0 saturated heterocycles. The van der Waals surface area contributed by atoms with Gasteiger partial charge in [0.2, 0.25) is 0 Å². The Bertz CT molecular complexity index is 367. The monoisotopic (exact) mass is 220 g/mol. The van der Waals surface area contributed by atoms with Gasteiger partial charge in [0.15, 0.2) is 0 Å². The van der Waals surface area contributed by atoms with E-state index in [0.29, 0.717) is 5.92 Å². The van der Waals surface area contributed by atoms with Crippen LogP contribution in [0.1, 0.15) is 38.2 Å². The van der Waals surface area contributed by atoms with Crippen molar-refractivity contribution in [2.75, 3.05) is 7.11 Å². The Morgan fingerprint density at radius 1 is 1.44 bits per heavy atom. The molecule has 0 amide bonds. The first-order valence-corrected chi connectivity index (χ1v) is 5.95. The standard InChI is InChI=1S/C13H20N2O/c1-10-5-3-4-6-13(10,14)11-7-12(16-2)9-15-8-11/h7-10H,3-6,14H2,1-2H3. The highest BCUT2D eigenvalue weighted by atomic mass is 16.5. The van der Waals surface area contributed by atoms with Crippen LogP contribution >= 0.6 is 0 Å². The third kappa shape index (κ3) is 1.92. The van der Waals surface area contributed by atoms with E-state index in [1.54, 1.807) is 13.3 Å². The highest BCUT2D eigenvalue weighted by Gasteiger charge is 2.36. The van der Waals surface area contributed by atoms with Crippen LogP contribution in [0.2, 0.25) is 0 Å². The van der Waals surface area contributed by atoms with E-state index < -0.39 is 0 Å². The Labute approximate surface area is 97.0 Å². The molecule has 2 atom stereocenters. The SMILES string of the molecule is COc1cncc(C2(N)CCCCC2C)c1. The lowest BCUT2D eigenvalue weighted by atomic mass is 9.71. The molecule has 1 aromatic heterocycles. The molecule has 1 heterocycles. The molecular weight excluding hydrogens is 200 g/mol. The van der Waals surface area contributed by atoms with Crippen LogP contribution in [0.3, 0.4) is 0 Å². The van der Waals surface area contributed by atoms with E-state index >= 15 is 0 Å². The van der Waals surface area contributed by atoms with Gasteiger partial charge in [-0.2, -0.15) is 0 Å². The summed E-state index contributed by atoms with van der Waals surface area (Å²) in [4.78, 5) is 4.21. The molecule has 1 aromatic rings. The van der Waals surface area contributed by atoms with E-state index in [0.717, 1.165) is 17.7 Å². The fourth-order valence-electron chi connectivity index (χ4n) is 2.59. The van der Waals surface area contributed by atoms with Gasteiger partial charge in [-0.25, -0.2) is 0 Å². The summed E-state index contributed by atoms with van der Waals surface area (Å²) in [6, 6.07) is 2.02. The maximum absolute atomic E-state index is 6.55. The van der Waals surface area contributed by atoms with Crippen molar-refractivity contribution in [1.82, 2.24) is 4.98 Å². The van der Waals surface area contributed by atoms with E-state index in [-0.39, 0.29) is 5.54 Å². The number of hydrogen-bond donors (Lipinski definition) is 1. The Morgan fingerprint density at radius 3 is 2.94 bits per heavy atom. The molecule has 0 aromatic carbocycles. The van der Waals surface area contributed by atoms with E-state index in [4.69, 9.17) is 10.5 Å². The Morgan fingerprint density at radius 2 is 2.25 bits per heavy atom. The Kier molecular flexibility index (Phi) is 3.15. The van der Waals surface area contributed by atoms with Gasteiger partial charge in [0, 0.05) is 11.7 Å². The molecule has 2 unspecified atom stereocenters. The zero-order valence-corrected chi connectivity index (χ0v) is 10.1. The van der Waals surface area contributed by atoms with Gasteiger partial charge >= 0.3 is 0 Å². The maximum atomic E-state index is 6.55. The smallest absolute Gasteiger partial charge is 0.137 e. The molecule has 1 saturated carbocycles. The molecular formula is C13H20N2O. The first-order valence-electron chi connectivity index (χ1n) is 5.95. The molecule has 2 N–H and O–H groups in total. The lowest BCUT2D eigenvalue weighted by molar-refractivity contribution is 0.206. The summed E-state index contributed by atoms with van der Waals surface area (Å²) in [6.45, 7) is 2.23. The molecule has 0 aliphatic heterocycles. The van der Waals surface area contributed by atoms with Crippen LogP contribution in [0.15, 0.2) is 18.5 Å². The zero-order valence-electron chi connectivity index (χ0n) is 10.1. The third-order valence-electron chi connectivity index (χ3n) is 3.84. The minimum atomic E-state index is -0.222. The fourth-order valence-corrected chi connectivity index (χ4v) is 2.59. The van der Waals surface area contributed by atoms with Gasteiger partial charge in [-0.1, -0.05) is 19.8 Å². The first-order chi connectivity index (χ1) is 7.66. The minimum absolute atomic E-state index is 0.222. The minimum Gasteiger partial charge on any atom is -0.495 e. The van der Waals surface area contributed by atoms with Crippen molar-refractivity contribution in [2.45, 2.75) is 38.1 Å². The summed E-state index contributed by atoms with van der Waals surface area (Å²) in [5.74, 6) is 1.30. The number of nitrogens with two attached hydrogens (primary N) is 1. The van der Waals surface area contributed by atoms with Crippen molar-refractivity contribution in [1.29, 1.82) is 0 Å². The number of ether oxygens (including phenoxy) is 1. The number of rotatable bonds is 2. The van der Waals surface area contributed by atoms with Gasteiger partial charge in [-0.3, -0.25) is 4.98 Å². The summed E-state index contributed by atoms with van der Waals surface area (Å²) in [7, 11) is 1.66. The number of methoxy groups -OCH3 is 1. The lowest BCUT2D eigenvalue weighted by Crippen LogP contribution is -2.45. The van der Waals surface area contributed by atoms with Crippen molar-refractivity contribution in [3.63, 3.8) is 0 Å². The molecule has 0 bridgehead atoms. The van der Waals surface area contributed by atoms with Crippen LogP contribution in [0.5, 0.6) is 5.75 Å². The third-order valence-corrected chi connectivity index (χ3v) is 3.84. The quantitative estimate of drug-likeness (QED) is 0.832. The molecule has 88 valence electrons. The largest absolute Gasteiger partial charge is 0.495 e. The van der Waals surface area contributed by atoms with E-state index in [1.165, 1.54) is 19.3 Å². The van der Waals surface area contributed by atoms with Crippen molar-refractivity contribution >= 4 is 0 Å². The predicted molar refractivity (Wildman–Crippen MR) is 64.3 cm³/mol. The summed E-state index contributed by atoms with van der Waals surface area (Å²) in [5.41, 5.74) is 7.44. The van der Waals surface area contributed by atoms with Crippen LogP contribution < -0.4 is 10.5 Å². The van der Waals surface area contributed by atoms with Crippen LogP contribution in [0, 0.1) is 5.92 Å². The van der Waals surface area contributed by atoms with Crippen LogP contribution in [0.25, 0.3) is 0 Å². The van der Waals surface area contributed by atoms with Crippen molar-refractivity contribution in [3.05, 3.63) is 24.0 Å². The summed E-state index contributed by atoms with van der Waals surface area (Å²) in [5, 5.41) is 0. The molecule has 0 radical (unpaired) electrons. The highest BCUT2D eigenvalue weighted by molar-refractivity contribution is 5.30. The fraction of sp³-hybridized carbons (Fsp3) is 0.615. The zero-order chi connectivity index (χ0) is 11.6. The molecule has 3 nitrogen and oxygen atoms in total. The first kappa shape index (κ1) is 11.4. The predicted octanol–water partition coefficient (Wildman–Crippen LogP) is 2.45. The second kappa shape index (κ2) is 4.42. The van der Waals surface area contributed by atoms with Gasteiger partial charge in [0.25, 0.3) is 0 Å². The topological polar surface area (TPSA) is 48.1 Å². The lowest BCUT2D eigenvalue weighted by Gasteiger charge is -2.39. The summed E-state index contributed by atoms with van der Waals surface area (Å²) >= 11 is 0. The summed E-state index contributed by atoms with van der Waals surface area (Å²) in [6.07, 6.45) is 8.34. The second-order valence-electron chi connectivity index (χ2n) is 4.80. The average molecular weight is 220 g/mol. The van der Waals surface area contributed by atoms with Gasteiger partial charge in [0.1, 0.15) is 5.75 Å².